The third kappa shape index (κ3) is 4.38. The number of halogens is 3. The maximum Gasteiger partial charge on any atom is 0.417 e. The third-order valence-corrected chi connectivity index (χ3v) is 4.90. The minimum absolute atomic E-state index is 0.0465. The van der Waals surface area contributed by atoms with Gasteiger partial charge < -0.3 is 25.0 Å². The summed E-state index contributed by atoms with van der Waals surface area (Å²) in [5.74, 6) is 0.292. The number of aromatic nitrogens is 4. The van der Waals surface area contributed by atoms with Crippen molar-refractivity contribution in [2.24, 2.45) is 0 Å². The van der Waals surface area contributed by atoms with Crippen molar-refractivity contribution in [1.29, 1.82) is 0 Å². The molecule has 0 aromatic carbocycles. The number of nitrogens with zero attached hydrogens (tertiary/aromatic N) is 6. The SMILES string of the molecule is CC1CN(c2nc(-c3cnc(N)cc3C(F)(F)F)nc(N3CCOCC3)n2)CCO1. The Hall–Kier alpha value is -2.73. The van der Waals surface area contributed by atoms with Crippen LogP contribution in [0.15, 0.2) is 12.3 Å². The van der Waals surface area contributed by atoms with Crippen LogP contribution in [0.25, 0.3) is 11.4 Å². The fraction of sp³-hybridized carbons (Fsp3) is 0.556. The molecule has 2 fully saturated rings. The summed E-state index contributed by atoms with van der Waals surface area (Å²) in [5.41, 5.74) is 4.33. The minimum Gasteiger partial charge on any atom is -0.384 e. The summed E-state index contributed by atoms with van der Waals surface area (Å²) in [7, 11) is 0. The van der Waals surface area contributed by atoms with Gasteiger partial charge in [-0.2, -0.15) is 28.1 Å². The number of hydrogen-bond donors (Lipinski definition) is 1. The number of anilines is 3. The molecule has 0 spiro atoms. The summed E-state index contributed by atoms with van der Waals surface area (Å²) in [6, 6.07) is 0.796. The van der Waals surface area contributed by atoms with Crippen molar-refractivity contribution in [1.82, 2.24) is 19.9 Å². The lowest BCUT2D eigenvalue weighted by Crippen LogP contribution is -2.43. The molecule has 0 radical (unpaired) electrons. The average Bonchev–Trinajstić information content (AvgIpc) is 2.73. The monoisotopic (exact) mass is 425 g/mol. The van der Waals surface area contributed by atoms with Gasteiger partial charge in [0.2, 0.25) is 11.9 Å². The summed E-state index contributed by atoms with van der Waals surface area (Å²) in [5, 5.41) is 0. The number of ether oxygens (including phenoxy) is 2. The molecule has 2 aliphatic heterocycles. The Morgan fingerprint density at radius 2 is 1.70 bits per heavy atom. The normalized spacial score (nSPS) is 20.5. The van der Waals surface area contributed by atoms with Gasteiger partial charge in [-0.15, -0.1) is 0 Å². The number of nitrogens with two attached hydrogens (primary N) is 1. The minimum atomic E-state index is -4.63. The quantitative estimate of drug-likeness (QED) is 0.785. The summed E-state index contributed by atoms with van der Waals surface area (Å²) < 4.78 is 51.9. The number of alkyl halides is 3. The summed E-state index contributed by atoms with van der Waals surface area (Å²) in [6.45, 7) is 5.50. The van der Waals surface area contributed by atoms with E-state index in [1.165, 1.54) is 0 Å². The van der Waals surface area contributed by atoms with Crippen LogP contribution in [0.5, 0.6) is 0 Å². The van der Waals surface area contributed by atoms with Gasteiger partial charge >= 0.3 is 6.18 Å². The first-order valence-electron chi connectivity index (χ1n) is 9.59. The van der Waals surface area contributed by atoms with E-state index in [9.17, 15) is 13.2 Å². The van der Waals surface area contributed by atoms with Crippen LogP contribution in [0.2, 0.25) is 0 Å². The van der Waals surface area contributed by atoms with Gasteiger partial charge in [0.1, 0.15) is 5.82 Å². The smallest absolute Gasteiger partial charge is 0.384 e. The molecule has 1 atom stereocenters. The van der Waals surface area contributed by atoms with Gasteiger partial charge in [0.25, 0.3) is 0 Å². The van der Waals surface area contributed by atoms with Gasteiger partial charge in [0.05, 0.1) is 37.1 Å². The third-order valence-electron chi connectivity index (χ3n) is 4.90. The van der Waals surface area contributed by atoms with Crippen molar-refractivity contribution in [2.45, 2.75) is 19.2 Å². The fourth-order valence-electron chi connectivity index (χ4n) is 3.40. The molecule has 2 aromatic heterocycles. The van der Waals surface area contributed by atoms with Crippen LogP contribution in [0, 0.1) is 0 Å². The molecule has 162 valence electrons. The van der Waals surface area contributed by atoms with Gasteiger partial charge in [-0.3, -0.25) is 0 Å². The first-order valence-corrected chi connectivity index (χ1v) is 9.59. The lowest BCUT2D eigenvalue weighted by molar-refractivity contribution is -0.137. The Labute approximate surface area is 171 Å². The first kappa shape index (κ1) is 20.5. The molecule has 2 aromatic rings. The molecule has 2 saturated heterocycles. The van der Waals surface area contributed by atoms with E-state index in [2.05, 4.69) is 19.9 Å². The lowest BCUT2D eigenvalue weighted by Gasteiger charge is -2.32. The van der Waals surface area contributed by atoms with E-state index < -0.39 is 11.7 Å². The zero-order valence-corrected chi connectivity index (χ0v) is 16.4. The van der Waals surface area contributed by atoms with Gasteiger partial charge in [-0.1, -0.05) is 0 Å². The van der Waals surface area contributed by atoms with Crippen molar-refractivity contribution in [3.63, 3.8) is 0 Å². The second kappa shape index (κ2) is 8.19. The Balaban J connectivity index is 1.82. The topological polar surface area (TPSA) is 103 Å². The predicted molar refractivity (Wildman–Crippen MR) is 103 cm³/mol. The molecule has 4 heterocycles. The van der Waals surface area contributed by atoms with Crippen LogP contribution in [0.3, 0.4) is 0 Å². The van der Waals surface area contributed by atoms with E-state index in [-0.39, 0.29) is 23.3 Å². The van der Waals surface area contributed by atoms with Crippen molar-refractivity contribution < 1.29 is 22.6 Å². The van der Waals surface area contributed by atoms with E-state index in [1.807, 2.05) is 16.7 Å². The molecule has 2 aliphatic rings. The standard InChI is InChI=1S/C18H22F3N7O2/c1-11-10-28(4-7-30-11)17-25-15(24-16(26-17)27-2-5-29-6-3-27)12-9-23-14(22)8-13(12)18(19,20)21/h8-9,11H,2-7,10H2,1H3,(H2,22,23). The highest BCUT2D eigenvalue weighted by atomic mass is 19.4. The molecular weight excluding hydrogens is 403 g/mol. The van der Waals surface area contributed by atoms with Gasteiger partial charge in [-0.25, -0.2) is 4.98 Å². The number of pyridine rings is 1. The highest BCUT2D eigenvalue weighted by molar-refractivity contribution is 5.64. The first-order chi connectivity index (χ1) is 14.3. The number of nitrogen functional groups attached to an aromatic ring is 1. The zero-order chi connectivity index (χ0) is 21.3. The molecule has 12 heteroatoms. The summed E-state index contributed by atoms with van der Waals surface area (Å²) in [4.78, 5) is 20.9. The van der Waals surface area contributed by atoms with E-state index in [4.69, 9.17) is 15.2 Å². The van der Waals surface area contributed by atoms with Gasteiger partial charge in [0, 0.05) is 32.4 Å². The van der Waals surface area contributed by atoms with Crippen LogP contribution in [-0.2, 0) is 15.7 Å². The van der Waals surface area contributed by atoms with E-state index in [0.717, 1.165) is 12.3 Å². The molecular formula is C18H22F3N7O2. The molecule has 1 unspecified atom stereocenters. The predicted octanol–water partition coefficient (Wildman–Crippen LogP) is 1.60. The molecule has 0 aliphatic carbocycles. The van der Waals surface area contributed by atoms with Crippen molar-refractivity contribution >= 4 is 17.7 Å². The molecule has 0 saturated carbocycles. The Kier molecular flexibility index (Phi) is 5.60. The van der Waals surface area contributed by atoms with Gasteiger partial charge in [0.15, 0.2) is 5.82 Å². The van der Waals surface area contributed by atoms with Crippen LogP contribution < -0.4 is 15.5 Å². The second-order valence-corrected chi connectivity index (χ2v) is 7.14. The molecule has 30 heavy (non-hydrogen) atoms. The molecule has 4 rings (SSSR count). The van der Waals surface area contributed by atoms with E-state index >= 15 is 0 Å². The second-order valence-electron chi connectivity index (χ2n) is 7.14. The number of hydrogen-bond acceptors (Lipinski definition) is 9. The molecule has 0 bridgehead atoms. The van der Waals surface area contributed by atoms with Crippen LogP contribution >= 0.6 is 0 Å². The molecule has 0 amide bonds. The zero-order valence-electron chi connectivity index (χ0n) is 16.4. The van der Waals surface area contributed by atoms with Crippen LogP contribution in [-0.4, -0.2) is 72.0 Å². The van der Waals surface area contributed by atoms with Crippen molar-refractivity contribution in [3.05, 3.63) is 17.8 Å². The lowest BCUT2D eigenvalue weighted by atomic mass is 10.1. The van der Waals surface area contributed by atoms with Crippen LogP contribution in [0.1, 0.15) is 12.5 Å². The largest absolute Gasteiger partial charge is 0.417 e. The fourth-order valence-corrected chi connectivity index (χ4v) is 3.40. The average molecular weight is 425 g/mol. The molecule has 2 N–H and O–H groups in total. The Morgan fingerprint density at radius 3 is 2.37 bits per heavy atom. The Morgan fingerprint density at radius 1 is 1.03 bits per heavy atom. The van der Waals surface area contributed by atoms with E-state index in [0.29, 0.717) is 57.9 Å². The van der Waals surface area contributed by atoms with E-state index in [1.54, 1.807) is 0 Å². The Bertz CT molecular complexity index is 906. The number of morpholine rings is 2. The van der Waals surface area contributed by atoms with Crippen LogP contribution in [0.4, 0.5) is 30.9 Å². The summed E-state index contributed by atoms with van der Waals surface area (Å²) >= 11 is 0. The highest BCUT2D eigenvalue weighted by Crippen LogP contribution is 2.37. The van der Waals surface area contributed by atoms with Gasteiger partial charge in [-0.05, 0) is 13.0 Å². The van der Waals surface area contributed by atoms with Crippen molar-refractivity contribution in [3.8, 4) is 11.4 Å². The number of rotatable bonds is 3. The van der Waals surface area contributed by atoms with Crippen molar-refractivity contribution in [2.75, 3.05) is 61.5 Å². The highest BCUT2D eigenvalue weighted by Gasteiger charge is 2.36. The maximum atomic E-state index is 13.7. The summed E-state index contributed by atoms with van der Waals surface area (Å²) in [6.07, 6.45) is -3.62. The maximum absolute atomic E-state index is 13.7. The molecule has 9 nitrogen and oxygen atoms in total.